The normalized spacial score (nSPS) is 26.4. The van der Waals surface area contributed by atoms with Gasteiger partial charge in [0.05, 0.1) is 5.92 Å². The fourth-order valence-corrected chi connectivity index (χ4v) is 2.80. The highest BCUT2D eigenvalue weighted by Gasteiger charge is 2.30. The van der Waals surface area contributed by atoms with Crippen molar-refractivity contribution in [2.45, 2.75) is 32.7 Å². The molecule has 1 saturated heterocycles. The lowest BCUT2D eigenvalue weighted by Crippen LogP contribution is -2.52. The zero-order chi connectivity index (χ0) is 14.7. The van der Waals surface area contributed by atoms with Gasteiger partial charge in [-0.3, -0.25) is 9.59 Å². The quantitative estimate of drug-likeness (QED) is 0.770. The van der Waals surface area contributed by atoms with E-state index in [4.69, 9.17) is 5.73 Å². The lowest BCUT2D eigenvalue weighted by Gasteiger charge is -2.36. The van der Waals surface area contributed by atoms with E-state index >= 15 is 0 Å². The molecule has 0 aromatic rings. The summed E-state index contributed by atoms with van der Waals surface area (Å²) < 4.78 is 0. The maximum Gasteiger partial charge on any atom is 0.229 e. The fourth-order valence-electron chi connectivity index (χ4n) is 2.80. The number of carbonyl (C=O) groups is 2. The van der Waals surface area contributed by atoms with Crippen LogP contribution < -0.4 is 5.73 Å². The number of hydrogen-bond acceptors (Lipinski definition) is 3. The van der Waals surface area contributed by atoms with Gasteiger partial charge in [-0.25, -0.2) is 0 Å². The second kappa shape index (κ2) is 6.39. The Labute approximate surface area is 120 Å². The van der Waals surface area contributed by atoms with Crippen LogP contribution in [0.3, 0.4) is 0 Å². The molecule has 2 atom stereocenters. The van der Waals surface area contributed by atoms with Gasteiger partial charge >= 0.3 is 0 Å². The molecule has 112 valence electrons. The third-order valence-corrected chi connectivity index (χ3v) is 3.96. The molecule has 0 radical (unpaired) electrons. The van der Waals surface area contributed by atoms with Gasteiger partial charge in [-0.2, -0.15) is 0 Å². The highest BCUT2D eigenvalue weighted by atomic mass is 16.2. The van der Waals surface area contributed by atoms with E-state index in [1.807, 2.05) is 35.8 Å². The molecule has 2 aliphatic rings. The van der Waals surface area contributed by atoms with Crippen LogP contribution >= 0.6 is 0 Å². The van der Waals surface area contributed by atoms with Crippen molar-refractivity contribution in [3.63, 3.8) is 0 Å². The molecule has 5 nitrogen and oxygen atoms in total. The zero-order valence-electron chi connectivity index (χ0n) is 12.4. The molecule has 0 saturated carbocycles. The molecular weight excluding hydrogens is 254 g/mol. The van der Waals surface area contributed by atoms with Gasteiger partial charge in [0.1, 0.15) is 0 Å². The first-order valence-electron chi connectivity index (χ1n) is 7.48. The third-order valence-electron chi connectivity index (χ3n) is 3.96. The van der Waals surface area contributed by atoms with E-state index < -0.39 is 0 Å². The molecule has 2 N–H and O–H groups in total. The smallest absolute Gasteiger partial charge is 0.229 e. The Balaban J connectivity index is 1.81. The standard InChI is InChI=1S/C15H25N3O2/c1-11(2)9-14(19)17-5-7-18(8-6-17)15(20)12-3-4-13(16)10-12/h3-4,11-13H,5-10,16H2,1-2H3. The highest BCUT2D eigenvalue weighted by Crippen LogP contribution is 2.20. The van der Waals surface area contributed by atoms with Crippen molar-refractivity contribution in [1.82, 2.24) is 9.80 Å². The van der Waals surface area contributed by atoms with Crippen molar-refractivity contribution in [3.8, 4) is 0 Å². The van der Waals surface area contributed by atoms with Gasteiger partial charge < -0.3 is 15.5 Å². The summed E-state index contributed by atoms with van der Waals surface area (Å²) in [5, 5.41) is 0. The number of piperazine rings is 1. The van der Waals surface area contributed by atoms with Gasteiger partial charge in [0, 0.05) is 38.6 Å². The van der Waals surface area contributed by atoms with E-state index in [1.54, 1.807) is 0 Å². The summed E-state index contributed by atoms with van der Waals surface area (Å²) in [6, 6.07) is 0.0119. The first kappa shape index (κ1) is 15.0. The van der Waals surface area contributed by atoms with Crippen molar-refractivity contribution in [2.24, 2.45) is 17.6 Å². The molecule has 2 rings (SSSR count). The predicted octanol–water partition coefficient (Wildman–Crippen LogP) is 0.607. The summed E-state index contributed by atoms with van der Waals surface area (Å²) in [4.78, 5) is 28.0. The summed E-state index contributed by atoms with van der Waals surface area (Å²) in [7, 11) is 0. The number of amides is 2. The van der Waals surface area contributed by atoms with Crippen molar-refractivity contribution in [1.29, 1.82) is 0 Å². The van der Waals surface area contributed by atoms with Crippen molar-refractivity contribution in [3.05, 3.63) is 12.2 Å². The van der Waals surface area contributed by atoms with Crippen LogP contribution in [0.25, 0.3) is 0 Å². The Hall–Kier alpha value is -1.36. The Kier molecular flexibility index (Phi) is 4.81. The van der Waals surface area contributed by atoms with Crippen LogP contribution in [0.1, 0.15) is 26.7 Å². The van der Waals surface area contributed by atoms with E-state index in [2.05, 4.69) is 0 Å². The van der Waals surface area contributed by atoms with Crippen LogP contribution in [-0.2, 0) is 9.59 Å². The predicted molar refractivity (Wildman–Crippen MR) is 77.8 cm³/mol. The first-order valence-corrected chi connectivity index (χ1v) is 7.48. The van der Waals surface area contributed by atoms with Gasteiger partial charge in [0.15, 0.2) is 0 Å². The molecule has 5 heteroatoms. The minimum atomic E-state index is -0.0667. The minimum Gasteiger partial charge on any atom is -0.339 e. The second-order valence-corrected chi connectivity index (χ2v) is 6.19. The number of hydrogen-bond donors (Lipinski definition) is 1. The van der Waals surface area contributed by atoms with Crippen LogP contribution in [0.15, 0.2) is 12.2 Å². The number of carbonyl (C=O) groups excluding carboxylic acids is 2. The minimum absolute atomic E-state index is 0.0119. The van der Waals surface area contributed by atoms with E-state index in [0.717, 1.165) is 0 Å². The monoisotopic (exact) mass is 279 g/mol. The molecule has 20 heavy (non-hydrogen) atoms. The summed E-state index contributed by atoms with van der Waals surface area (Å²) in [5.41, 5.74) is 5.79. The maximum absolute atomic E-state index is 12.3. The average molecular weight is 279 g/mol. The van der Waals surface area contributed by atoms with Crippen molar-refractivity contribution < 1.29 is 9.59 Å². The van der Waals surface area contributed by atoms with Crippen LogP contribution in [0.2, 0.25) is 0 Å². The molecule has 1 fully saturated rings. The van der Waals surface area contributed by atoms with Crippen LogP contribution in [0.4, 0.5) is 0 Å². The fraction of sp³-hybridized carbons (Fsp3) is 0.733. The number of nitrogens with two attached hydrogens (primary N) is 1. The lowest BCUT2D eigenvalue weighted by atomic mass is 10.1. The molecule has 1 heterocycles. The maximum atomic E-state index is 12.3. The Bertz CT molecular complexity index is 398. The molecule has 2 unspecified atom stereocenters. The molecule has 0 aromatic carbocycles. The van der Waals surface area contributed by atoms with E-state index in [1.165, 1.54) is 0 Å². The second-order valence-electron chi connectivity index (χ2n) is 6.19. The van der Waals surface area contributed by atoms with Gasteiger partial charge in [-0.1, -0.05) is 26.0 Å². The van der Waals surface area contributed by atoms with E-state index in [0.29, 0.717) is 44.9 Å². The number of nitrogens with zero attached hydrogens (tertiary/aromatic N) is 2. The van der Waals surface area contributed by atoms with Gasteiger partial charge in [0.2, 0.25) is 11.8 Å². The zero-order valence-corrected chi connectivity index (χ0v) is 12.4. The largest absolute Gasteiger partial charge is 0.339 e. The van der Waals surface area contributed by atoms with Crippen LogP contribution in [0, 0.1) is 11.8 Å². The molecule has 1 aliphatic carbocycles. The number of rotatable bonds is 3. The Morgan fingerprint density at radius 3 is 2.25 bits per heavy atom. The molecule has 0 bridgehead atoms. The third kappa shape index (κ3) is 3.60. The summed E-state index contributed by atoms with van der Waals surface area (Å²) in [6.07, 6.45) is 5.13. The van der Waals surface area contributed by atoms with Crippen molar-refractivity contribution >= 4 is 11.8 Å². The summed E-state index contributed by atoms with van der Waals surface area (Å²) >= 11 is 0. The average Bonchev–Trinajstić information content (AvgIpc) is 2.84. The van der Waals surface area contributed by atoms with Crippen LogP contribution in [0.5, 0.6) is 0 Å². The van der Waals surface area contributed by atoms with E-state index in [-0.39, 0.29) is 23.8 Å². The van der Waals surface area contributed by atoms with Crippen molar-refractivity contribution in [2.75, 3.05) is 26.2 Å². The SMILES string of the molecule is CC(C)CC(=O)N1CCN(C(=O)C2C=CC(N)C2)CC1. The lowest BCUT2D eigenvalue weighted by molar-refractivity contribution is -0.141. The topological polar surface area (TPSA) is 66.6 Å². The van der Waals surface area contributed by atoms with Gasteiger partial charge in [-0.15, -0.1) is 0 Å². The molecular formula is C15H25N3O2. The van der Waals surface area contributed by atoms with Crippen LogP contribution in [-0.4, -0.2) is 53.8 Å². The first-order chi connectivity index (χ1) is 9.47. The molecule has 0 aromatic heterocycles. The summed E-state index contributed by atoms with van der Waals surface area (Å²) in [6.45, 7) is 6.69. The highest BCUT2D eigenvalue weighted by molar-refractivity contribution is 5.82. The van der Waals surface area contributed by atoms with Gasteiger partial charge in [0.25, 0.3) is 0 Å². The van der Waals surface area contributed by atoms with Gasteiger partial charge in [-0.05, 0) is 12.3 Å². The Morgan fingerprint density at radius 1 is 1.15 bits per heavy atom. The molecule has 0 spiro atoms. The Morgan fingerprint density at radius 2 is 1.75 bits per heavy atom. The molecule has 2 amide bonds. The molecule has 1 aliphatic heterocycles. The van der Waals surface area contributed by atoms with E-state index in [9.17, 15) is 9.59 Å². The summed E-state index contributed by atoms with van der Waals surface area (Å²) in [5.74, 6) is 0.676.